The number of nitrogens with one attached hydrogen (secondary N) is 2. The third kappa shape index (κ3) is 7.01. The van der Waals surface area contributed by atoms with Crippen molar-refractivity contribution in [2.75, 3.05) is 41.8 Å². The molecule has 1 aromatic heterocycles. The molecule has 0 saturated carbocycles. The maximum Gasteiger partial charge on any atom is 0.416 e. The van der Waals surface area contributed by atoms with Crippen LogP contribution in [0.2, 0.25) is 0 Å². The molecule has 0 atom stereocenters. The van der Waals surface area contributed by atoms with Crippen LogP contribution in [-0.4, -0.2) is 46.8 Å². The van der Waals surface area contributed by atoms with Crippen LogP contribution in [0.5, 0.6) is 0 Å². The van der Waals surface area contributed by atoms with Crippen LogP contribution in [0.4, 0.5) is 30.2 Å². The second kappa shape index (κ2) is 12.2. The summed E-state index contributed by atoms with van der Waals surface area (Å²) in [5.74, 6) is 5.72. The number of halogens is 3. The van der Waals surface area contributed by atoms with Crippen molar-refractivity contribution in [2.45, 2.75) is 39.8 Å². The van der Waals surface area contributed by atoms with Gasteiger partial charge in [-0.3, -0.25) is 14.5 Å². The molecule has 0 aliphatic carbocycles. The molecule has 0 unspecified atom stereocenters. The Labute approximate surface area is 237 Å². The van der Waals surface area contributed by atoms with Gasteiger partial charge in [0.15, 0.2) is 0 Å². The molecule has 1 saturated heterocycles. The molecule has 41 heavy (non-hydrogen) atoms. The zero-order valence-electron chi connectivity index (χ0n) is 23.8. The molecule has 1 aliphatic rings. The van der Waals surface area contributed by atoms with E-state index in [4.69, 9.17) is 11.6 Å². The Morgan fingerprint density at radius 1 is 1.15 bits per heavy atom. The number of benzene rings is 2. The summed E-state index contributed by atoms with van der Waals surface area (Å²) in [5.41, 5.74) is 9.38. The Kier molecular flexibility index (Phi) is 8.93. The van der Waals surface area contributed by atoms with Gasteiger partial charge in [-0.2, -0.15) is 18.3 Å². The van der Waals surface area contributed by atoms with Crippen LogP contribution in [-0.2, 0) is 13.2 Å². The summed E-state index contributed by atoms with van der Waals surface area (Å²) >= 11 is 0. The van der Waals surface area contributed by atoms with E-state index in [9.17, 15) is 18.0 Å². The van der Waals surface area contributed by atoms with Crippen molar-refractivity contribution in [2.24, 2.45) is 18.6 Å². The SMILES string of the molecule is Cc1ccc(C(=O)Nc2cc(NCCN3CCCC3)c(C)c(C(F)(F)F)c2)cc1N(N)/C=C(\N)c1cnn(C)c1C. The molecule has 1 amide bonds. The fourth-order valence-electron chi connectivity index (χ4n) is 4.92. The Balaban J connectivity index is 1.55. The molecule has 1 aliphatic heterocycles. The number of rotatable bonds is 9. The number of amides is 1. The van der Waals surface area contributed by atoms with Crippen molar-refractivity contribution in [3.8, 4) is 0 Å². The third-order valence-electron chi connectivity index (χ3n) is 7.49. The zero-order chi connectivity index (χ0) is 29.9. The molecular formula is C29H37F3N8O. The van der Waals surface area contributed by atoms with E-state index >= 15 is 0 Å². The first-order valence-electron chi connectivity index (χ1n) is 13.5. The zero-order valence-corrected chi connectivity index (χ0v) is 23.8. The lowest BCUT2D eigenvalue weighted by molar-refractivity contribution is -0.138. The maximum absolute atomic E-state index is 13.9. The van der Waals surface area contributed by atoms with Crippen molar-refractivity contribution in [3.05, 3.63) is 76.2 Å². The number of carbonyl (C=O) groups excluding carboxylic acids is 1. The molecule has 12 heteroatoms. The molecule has 220 valence electrons. The molecule has 3 aromatic rings. The minimum Gasteiger partial charge on any atom is -0.397 e. The second-order valence-corrected chi connectivity index (χ2v) is 10.4. The van der Waals surface area contributed by atoms with E-state index in [-0.39, 0.29) is 16.8 Å². The summed E-state index contributed by atoms with van der Waals surface area (Å²) in [6, 6.07) is 7.37. The Hall–Kier alpha value is -4.03. The van der Waals surface area contributed by atoms with Gasteiger partial charge >= 0.3 is 6.18 Å². The monoisotopic (exact) mass is 570 g/mol. The molecule has 9 nitrogen and oxygen atoms in total. The maximum atomic E-state index is 13.9. The molecule has 0 radical (unpaired) electrons. The van der Waals surface area contributed by atoms with Crippen LogP contribution in [0, 0.1) is 20.8 Å². The molecule has 4 rings (SSSR count). The van der Waals surface area contributed by atoms with Crippen LogP contribution >= 0.6 is 0 Å². The number of nitrogens with two attached hydrogens (primary N) is 2. The Morgan fingerprint density at radius 2 is 1.85 bits per heavy atom. The summed E-state index contributed by atoms with van der Waals surface area (Å²) in [7, 11) is 1.80. The summed E-state index contributed by atoms with van der Waals surface area (Å²) in [4.78, 5) is 15.5. The van der Waals surface area contributed by atoms with Crippen LogP contribution < -0.4 is 27.2 Å². The van der Waals surface area contributed by atoms with Crippen molar-refractivity contribution < 1.29 is 18.0 Å². The van der Waals surface area contributed by atoms with Gasteiger partial charge in [0.25, 0.3) is 5.91 Å². The fourth-order valence-corrected chi connectivity index (χ4v) is 4.92. The number of nitrogens with zero attached hydrogens (tertiary/aromatic N) is 4. The van der Waals surface area contributed by atoms with E-state index in [1.807, 2.05) is 13.8 Å². The Morgan fingerprint density at radius 3 is 2.49 bits per heavy atom. The number of hydrogen-bond donors (Lipinski definition) is 4. The van der Waals surface area contributed by atoms with Gasteiger partial charge in [-0.05, 0) is 82.1 Å². The average Bonchev–Trinajstić information content (AvgIpc) is 3.54. The number of aromatic nitrogens is 2. The quantitative estimate of drug-likeness (QED) is 0.216. The summed E-state index contributed by atoms with van der Waals surface area (Å²) in [6.45, 7) is 8.36. The van der Waals surface area contributed by atoms with Crippen molar-refractivity contribution in [3.63, 3.8) is 0 Å². The lowest BCUT2D eigenvalue weighted by Crippen LogP contribution is -2.27. The van der Waals surface area contributed by atoms with Crippen molar-refractivity contribution >= 4 is 28.7 Å². The highest BCUT2D eigenvalue weighted by molar-refractivity contribution is 6.05. The lowest BCUT2D eigenvalue weighted by Gasteiger charge is -2.20. The molecule has 0 spiro atoms. The lowest BCUT2D eigenvalue weighted by atomic mass is 10.0. The van der Waals surface area contributed by atoms with Gasteiger partial charge in [0.2, 0.25) is 0 Å². The van der Waals surface area contributed by atoms with E-state index in [2.05, 4.69) is 20.6 Å². The van der Waals surface area contributed by atoms with E-state index in [1.54, 1.807) is 36.1 Å². The summed E-state index contributed by atoms with van der Waals surface area (Å²) in [6.07, 6.45) is 0.860. The molecule has 6 N–H and O–H groups in total. The molecule has 1 fully saturated rings. The smallest absolute Gasteiger partial charge is 0.397 e. The van der Waals surface area contributed by atoms with Crippen LogP contribution in [0.15, 0.2) is 42.7 Å². The van der Waals surface area contributed by atoms with Crippen LogP contribution in [0.25, 0.3) is 5.70 Å². The molecular weight excluding hydrogens is 533 g/mol. The van der Waals surface area contributed by atoms with Crippen molar-refractivity contribution in [1.82, 2.24) is 14.7 Å². The third-order valence-corrected chi connectivity index (χ3v) is 7.49. The highest BCUT2D eigenvalue weighted by Crippen LogP contribution is 2.37. The molecule has 2 aromatic carbocycles. The standard InChI is InChI=1S/C29H37F3N8O/c1-18-7-8-21(13-27(18)40(34)17-25(33)23-16-36-38(4)20(23)3)28(41)37-22-14-24(29(30,31)32)19(2)26(15-22)35-9-12-39-10-5-6-11-39/h7-8,13-17,35H,5-6,9-12,33-34H2,1-4H3,(H,37,41)/b25-17-. The van der Waals surface area contributed by atoms with Crippen LogP contribution in [0.3, 0.4) is 0 Å². The van der Waals surface area contributed by atoms with Crippen LogP contribution in [0.1, 0.15) is 51.1 Å². The van der Waals surface area contributed by atoms with Gasteiger partial charge in [0.1, 0.15) is 0 Å². The van der Waals surface area contributed by atoms with Gasteiger partial charge in [-0.15, -0.1) is 0 Å². The largest absolute Gasteiger partial charge is 0.416 e. The first kappa shape index (κ1) is 29.9. The summed E-state index contributed by atoms with van der Waals surface area (Å²) in [5, 5.41) is 11.3. The highest BCUT2D eigenvalue weighted by atomic mass is 19.4. The van der Waals surface area contributed by atoms with Gasteiger partial charge in [-0.25, -0.2) is 5.84 Å². The Bertz CT molecular complexity index is 1440. The van der Waals surface area contributed by atoms with E-state index in [1.165, 1.54) is 24.2 Å². The first-order valence-corrected chi connectivity index (χ1v) is 13.5. The van der Waals surface area contributed by atoms with E-state index < -0.39 is 17.6 Å². The minimum absolute atomic E-state index is 0.0412. The average molecular weight is 571 g/mol. The molecule has 2 heterocycles. The predicted octanol–water partition coefficient (Wildman–Crippen LogP) is 4.76. The molecule has 0 bridgehead atoms. The van der Waals surface area contributed by atoms with Gasteiger partial charge < -0.3 is 21.3 Å². The number of likely N-dealkylation sites (tertiary alicyclic amines) is 1. The van der Waals surface area contributed by atoms with E-state index in [0.717, 1.165) is 55.4 Å². The van der Waals surface area contributed by atoms with Gasteiger partial charge in [-0.1, -0.05) is 6.07 Å². The number of aryl methyl sites for hydroxylation is 2. The minimum atomic E-state index is -4.58. The topological polar surface area (TPSA) is 117 Å². The number of alkyl halides is 3. The highest BCUT2D eigenvalue weighted by Gasteiger charge is 2.34. The van der Waals surface area contributed by atoms with E-state index in [0.29, 0.717) is 23.6 Å². The van der Waals surface area contributed by atoms with Gasteiger partial charge in [0.05, 0.1) is 23.1 Å². The fraction of sp³-hybridized carbons (Fsp3) is 0.379. The number of hydrogen-bond acceptors (Lipinski definition) is 7. The number of hydrazine groups is 1. The van der Waals surface area contributed by atoms with Crippen molar-refractivity contribution in [1.29, 1.82) is 0 Å². The predicted molar refractivity (Wildman–Crippen MR) is 156 cm³/mol. The summed E-state index contributed by atoms with van der Waals surface area (Å²) < 4.78 is 43.4. The number of carbonyl (C=O) groups is 1. The first-order chi connectivity index (χ1) is 19.3. The number of anilines is 3. The second-order valence-electron chi connectivity index (χ2n) is 10.4. The normalized spacial score (nSPS) is 14.4. The van der Waals surface area contributed by atoms with Gasteiger partial charge in [0, 0.05) is 54.5 Å².